The van der Waals surface area contributed by atoms with E-state index in [4.69, 9.17) is 10.7 Å². The van der Waals surface area contributed by atoms with Crippen molar-refractivity contribution in [1.82, 2.24) is 0 Å². The van der Waals surface area contributed by atoms with Gasteiger partial charge in [0.25, 0.3) is 9.05 Å². The maximum atomic E-state index is 11.0. The van der Waals surface area contributed by atoms with E-state index < -0.39 is 9.05 Å². The molecule has 0 saturated carbocycles. The topological polar surface area (TPSA) is 54.5 Å². The van der Waals surface area contributed by atoms with Crippen molar-refractivity contribution >= 4 is 31.8 Å². The molecule has 0 aliphatic rings. The average Bonchev–Trinajstić information content (AvgIpc) is 2.17. The molecule has 0 aromatic heterocycles. The molecule has 0 spiro atoms. The molecule has 0 aliphatic heterocycles. The number of carbonyl (C=O) groups is 1. The Morgan fingerprint density at radius 2 is 1.75 bits per heavy atom. The van der Waals surface area contributed by atoms with E-state index in [0.717, 1.165) is 0 Å². The lowest BCUT2D eigenvalue weighted by molar-refractivity contribution is -0.107. The average molecular weight is 262 g/mol. The van der Waals surface area contributed by atoms with E-state index in [9.17, 15) is 13.2 Å². The lowest BCUT2D eigenvalue weighted by atomic mass is 10.2. The summed E-state index contributed by atoms with van der Waals surface area (Å²) >= 11 is 0. The van der Waals surface area contributed by atoms with E-state index in [1.165, 1.54) is 17.0 Å². The lowest BCUT2D eigenvalue weighted by Gasteiger charge is -2.21. The van der Waals surface area contributed by atoms with Crippen LogP contribution >= 0.6 is 10.7 Å². The number of benzene rings is 1. The van der Waals surface area contributed by atoms with E-state index in [1.54, 1.807) is 12.1 Å². The smallest absolute Gasteiger partial charge is 0.261 e. The second-order valence-electron chi connectivity index (χ2n) is 3.54. The molecule has 0 fully saturated rings. The van der Waals surface area contributed by atoms with E-state index >= 15 is 0 Å². The van der Waals surface area contributed by atoms with Crippen LogP contribution in [0, 0.1) is 0 Å². The zero-order chi connectivity index (χ0) is 12.3. The van der Waals surface area contributed by atoms with Gasteiger partial charge in [-0.05, 0) is 38.1 Å². The van der Waals surface area contributed by atoms with Gasteiger partial charge in [0.15, 0.2) is 0 Å². The highest BCUT2D eigenvalue weighted by Crippen LogP contribution is 2.20. The summed E-state index contributed by atoms with van der Waals surface area (Å²) < 4.78 is 22.0. The molecule has 1 amide bonds. The van der Waals surface area contributed by atoms with Gasteiger partial charge in [-0.3, -0.25) is 4.79 Å². The lowest BCUT2D eigenvalue weighted by Crippen LogP contribution is -2.28. The van der Waals surface area contributed by atoms with Crippen molar-refractivity contribution in [2.24, 2.45) is 0 Å². The highest BCUT2D eigenvalue weighted by Gasteiger charge is 2.12. The Bertz CT molecular complexity index is 467. The van der Waals surface area contributed by atoms with Gasteiger partial charge in [0.1, 0.15) is 0 Å². The molecule has 16 heavy (non-hydrogen) atoms. The Kier molecular flexibility index (Phi) is 3.93. The number of halogens is 1. The predicted molar refractivity (Wildman–Crippen MR) is 63.2 cm³/mol. The summed E-state index contributed by atoms with van der Waals surface area (Å²) in [5.41, 5.74) is 0.633. The van der Waals surface area contributed by atoms with Crippen LogP contribution in [-0.4, -0.2) is 20.9 Å². The molecule has 0 saturated heterocycles. The highest BCUT2D eigenvalue weighted by molar-refractivity contribution is 8.13. The zero-order valence-corrected chi connectivity index (χ0v) is 10.5. The number of carbonyl (C=O) groups excluding carboxylic acids is 1. The van der Waals surface area contributed by atoms with Crippen molar-refractivity contribution in [3.63, 3.8) is 0 Å². The number of anilines is 1. The predicted octanol–water partition coefficient (Wildman–Crippen LogP) is 1.99. The molecule has 1 aromatic rings. The molecule has 0 bridgehead atoms. The second kappa shape index (κ2) is 4.84. The Balaban J connectivity index is 3.08. The molecule has 0 unspecified atom stereocenters. The fourth-order valence-electron chi connectivity index (χ4n) is 1.26. The second-order valence-corrected chi connectivity index (χ2v) is 6.10. The van der Waals surface area contributed by atoms with E-state index in [-0.39, 0.29) is 10.9 Å². The SMILES string of the molecule is CC(C)N(C=O)c1ccc(S(=O)(=O)Cl)cc1. The molecular weight excluding hydrogens is 250 g/mol. The quantitative estimate of drug-likeness (QED) is 0.615. The van der Waals surface area contributed by atoms with Gasteiger partial charge < -0.3 is 4.90 Å². The van der Waals surface area contributed by atoms with Crippen LogP contribution in [-0.2, 0) is 13.8 Å². The van der Waals surface area contributed by atoms with E-state index in [0.29, 0.717) is 12.1 Å². The van der Waals surface area contributed by atoms with Crippen molar-refractivity contribution in [1.29, 1.82) is 0 Å². The Labute approximate surface area is 99.2 Å². The maximum Gasteiger partial charge on any atom is 0.261 e. The molecule has 1 aromatic carbocycles. The van der Waals surface area contributed by atoms with Gasteiger partial charge >= 0.3 is 0 Å². The summed E-state index contributed by atoms with van der Waals surface area (Å²) in [7, 11) is 1.47. The third kappa shape index (κ3) is 2.96. The van der Waals surface area contributed by atoms with Crippen molar-refractivity contribution in [3.8, 4) is 0 Å². The Hall–Kier alpha value is -1.07. The molecule has 0 N–H and O–H groups in total. The van der Waals surface area contributed by atoms with Gasteiger partial charge in [-0.25, -0.2) is 8.42 Å². The summed E-state index contributed by atoms with van der Waals surface area (Å²) in [4.78, 5) is 12.3. The van der Waals surface area contributed by atoms with Crippen molar-refractivity contribution in [2.75, 3.05) is 4.90 Å². The first-order valence-electron chi connectivity index (χ1n) is 4.64. The van der Waals surface area contributed by atoms with Crippen LogP contribution in [0.4, 0.5) is 5.69 Å². The summed E-state index contributed by atoms with van der Waals surface area (Å²) in [6, 6.07) is 5.84. The van der Waals surface area contributed by atoms with Crippen LogP contribution in [0.15, 0.2) is 29.2 Å². The Morgan fingerprint density at radius 3 is 2.06 bits per heavy atom. The minimum absolute atomic E-state index is 0.0101. The van der Waals surface area contributed by atoms with Crippen molar-refractivity contribution < 1.29 is 13.2 Å². The van der Waals surface area contributed by atoms with Gasteiger partial charge in [0, 0.05) is 22.4 Å². The molecular formula is C10H12ClNO3S. The van der Waals surface area contributed by atoms with Gasteiger partial charge in [0.05, 0.1) is 4.90 Å². The first-order valence-corrected chi connectivity index (χ1v) is 6.95. The molecule has 0 atom stereocenters. The number of hydrogen-bond acceptors (Lipinski definition) is 3. The first kappa shape index (κ1) is 13.0. The zero-order valence-electron chi connectivity index (χ0n) is 8.92. The number of hydrogen-bond donors (Lipinski definition) is 0. The van der Waals surface area contributed by atoms with Gasteiger partial charge in [-0.1, -0.05) is 0 Å². The normalized spacial score (nSPS) is 11.5. The van der Waals surface area contributed by atoms with Crippen LogP contribution in [0.5, 0.6) is 0 Å². The number of nitrogens with zero attached hydrogens (tertiary/aromatic N) is 1. The molecule has 1 rings (SSSR count). The maximum absolute atomic E-state index is 11.0. The minimum atomic E-state index is -3.71. The van der Waals surface area contributed by atoms with Crippen molar-refractivity contribution in [2.45, 2.75) is 24.8 Å². The van der Waals surface area contributed by atoms with Gasteiger partial charge in [-0.15, -0.1) is 0 Å². The monoisotopic (exact) mass is 261 g/mol. The Morgan fingerprint density at radius 1 is 1.25 bits per heavy atom. The van der Waals surface area contributed by atoms with Gasteiger partial charge in [0.2, 0.25) is 6.41 Å². The number of rotatable bonds is 4. The van der Waals surface area contributed by atoms with E-state index in [2.05, 4.69) is 0 Å². The van der Waals surface area contributed by atoms with Crippen LogP contribution in [0.2, 0.25) is 0 Å². The van der Waals surface area contributed by atoms with Crippen LogP contribution in [0.25, 0.3) is 0 Å². The standard InChI is InChI=1S/C10H12ClNO3S/c1-8(2)12(7-13)9-3-5-10(6-4-9)16(11,14)15/h3-8H,1-2H3. The highest BCUT2D eigenvalue weighted by atomic mass is 35.7. The third-order valence-electron chi connectivity index (χ3n) is 2.09. The number of amides is 1. The molecule has 0 radical (unpaired) electrons. The molecule has 0 heterocycles. The van der Waals surface area contributed by atoms with E-state index in [1.807, 2.05) is 13.8 Å². The largest absolute Gasteiger partial charge is 0.313 e. The summed E-state index contributed by atoms with van der Waals surface area (Å²) in [6.07, 6.45) is 0.703. The summed E-state index contributed by atoms with van der Waals surface area (Å²) in [6.45, 7) is 3.72. The van der Waals surface area contributed by atoms with Crippen molar-refractivity contribution in [3.05, 3.63) is 24.3 Å². The molecule has 4 nitrogen and oxygen atoms in total. The molecule has 88 valence electrons. The fraction of sp³-hybridized carbons (Fsp3) is 0.300. The molecule has 0 aliphatic carbocycles. The summed E-state index contributed by atoms with van der Waals surface area (Å²) in [5.74, 6) is 0. The molecule has 6 heteroatoms. The van der Waals surface area contributed by atoms with Crippen LogP contribution in [0.1, 0.15) is 13.8 Å². The van der Waals surface area contributed by atoms with Gasteiger partial charge in [-0.2, -0.15) is 0 Å². The minimum Gasteiger partial charge on any atom is -0.313 e. The summed E-state index contributed by atoms with van der Waals surface area (Å²) in [5, 5.41) is 0. The van der Waals surface area contributed by atoms with Crippen LogP contribution in [0.3, 0.4) is 0 Å². The third-order valence-corrected chi connectivity index (χ3v) is 3.46. The fourth-order valence-corrected chi connectivity index (χ4v) is 2.03. The first-order chi connectivity index (χ1) is 7.36. The van der Waals surface area contributed by atoms with Crippen LogP contribution < -0.4 is 4.90 Å².